The van der Waals surface area contributed by atoms with Crippen LogP contribution in [0.3, 0.4) is 0 Å². The number of ether oxygens (including phenoxy) is 1. The van der Waals surface area contributed by atoms with Gasteiger partial charge < -0.3 is 4.74 Å². The van der Waals surface area contributed by atoms with Gasteiger partial charge in [-0.1, -0.05) is 6.07 Å². The SMILES string of the molecule is Cn1cc(Oc2cccc(F)n2)cn1. The lowest BCUT2D eigenvalue weighted by atomic mass is 10.5. The topological polar surface area (TPSA) is 39.9 Å². The molecule has 0 aliphatic rings. The molecule has 0 fully saturated rings. The molecule has 0 amide bonds. The number of halogens is 1. The fraction of sp³-hybridized carbons (Fsp3) is 0.111. The zero-order chi connectivity index (χ0) is 9.97. The van der Waals surface area contributed by atoms with Crippen molar-refractivity contribution in [2.24, 2.45) is 7.05 Å². The second-order valence-corrected chi connectivity index (χ2v) is 2.75. The summed E-state index contributed by atoms with van der Waals surface area (Å²) in [5.74, 6) is 0.190. The molecule has 0 saturated carbocycles. The van der Waals surface area contributed by atoms with E-state index in [9.17, 15) is 4.39 Å². The van der Waals surface area contributed by atoms with Gasteiger partial charge in [-0.05, 0) is 6.07 Å². The van der Waals surface area contributed by atoms with Crippen LogP contribution in [0.5, 0.6) is 11.6 Å². The van der Waals surface area contributed by atoms with Crippen LogP contribution in [0, 0.1) is 5.95 Å². The average Bonchev–Trinajstić information content (AvgIpc) is 2.51. The monoisotopic (exact) mass is 193 g/mol. The lowest BCUT2D eigenvalue weighted by molar-refractivity contribution is 0.445. The summed E-state index contributed by atoms with van der Waals surface area (Å²) >= 11 is 0. The van der Waals surface area contributed by atoms with Gasteiger partial charge in [-0.25, -0.2) is 0 Å². The van der Waals surface area contributed by atoms with Gasteiger partial charge >= 0.3 is 0 Å². The molecule has 0 aromatic carbocycles. The molecule has 0 unspecified atom stereocenters. The van der Waals surface area contributed by atoms with Crippen LogP contribution in [0.2, 0.25) is 0 Å². The molecule has 0 atom stereocenters. The van der Waals surface area contributed by atoms with Gasteiger partial charge in [0.05, 0.1) is 12.4 Å². The Bertz CT molecular complexity index is 441. The third-order valence-corrected chi connectivity index (χ3v) is 1.59. The third kappa shape index (κ3) is 1.87. The summed E-state index contributed by atoms with van der Waals surface area (Å²) in [4.78, 5) is 3.55. The molecule has 72 valence electrons. The van der Waals surface area contributed by atoms with Crippen LogP contribution in [0.25, 0.3) is 0 Å². The highest BCUT2D eigenvalue weighted by Gasteiger charge is 2.01. The summed E-state index contributed by atoms with van der Waals surface area (Å²) in [6.45, 7) is 0. The molecular formula is C9H8FN3O. The molecule has 5 heteroatoms. The number of pyridine rings is 1. The van der Waals surface area contributed by atoms with Gasteiger partial charge in [0.25, 0.3) is 0 Å². The Morgan fingerprint density at radius 3 is 2.93 bits per heavy atom. The summed E-state index contributed by atoms with van der Waals surface area (Å²) in [6.07, 6.45) is 3.21. The maximum Gasteiger partial charge on any atom is 0.222 e. The normalized spacial score (nSPS) is 10.1. The van der Waals surface area contributed by atoms with E-state index in [4.69, 9.17) is 4.74 Å². The minimum absolute atomic E-state index is 0.220. The van der Waals surface area contributed by atoms with Gasteiger partial charge in [0.15, 0.2) is 5.75 Å². The van der Waals surface area contributed by atoms with Gasteiger partial charge in [-0.2, -0.15) is 14.5 Å². The van der Waals surface area contributed by atoms with E-state index in [2.05, 4.69) is 10.1 Å². The van der Waals surface area contributed by atoms with E-state index < -0.39 is 5.95 Å². The van der Waals surface area contributed by atoms with Crippen LogP contribution in [0.4, 0.5) is 4.39 Å². The Hall–Kier alpha value is -1.91. The van der Waals surface area contributed by atoms with Gasteiger partial charge in [0, 0.05) is 13.1 Å². The smallest absolute Gasteiger partial charge is 0.222 e. The summed E-state index contributed by atoms with van der Waals surface area (Å²) < 4.78 is 19.5. The van der Waals surface area contributed by atoms with Crippen LogP contribution >= 0.6 is 0 Å². The highest BCUT2D eigenvalue weighted by Crippen LogP contribution is 2.17. The van der Waals surface area contributed by atoms with Crippen LogP contribution in [-0.2, 0) is 7.05 Å². The van der Waals surface area contributed by atoms with Crippen LogP contribution < -0.4 is 4.74 Å². The Balaban J connectivity index is 2.18. The molecule has 0 radical (unpaired) electrons. The quantitative estimate of drug-likeness (QED) is 0.682. The fourth-order valence-corrected chi connectivity index (χ4v) is 1.02. The van der Waals surface area contributed by atoms with Crippen molar-refractivity contribution in [1.82, 2.24) is 14.8 Å². The Labute approximate surface area is 80.0 Å². The third-order valence-electron chi connectivity index (χ3n) is 1.59. The fourth-order valence-electron chi connectivity index (χ4n) is 1.02. The van der Waals surface area contributed by atoms with E-state index in [0.717, 1.165) is 0 Å². The second-order valence-electron chi connectivity index (χ2n) is 2.75. The number of nitrogens with zero attached hydrogens (tertiary/aromatic N) is 3. The molecule has 0 spiro atoms. The van der Waals surface area contributed by atoms with E-state index in [1.807, 2.05) is 0 Å². The maximum absolute atomic E-state index is 12.7. The van der Waals surface area contributed by atoms with Crippen LogP contribution in [0.1, 0.15) is 0 Å². The largest absolute Gasteiger partial charge is 0.436 e. The van der Waals surface area contributed by atoms with Gasteiger partial charge in [-0.15, -0.1) is 0 Å². The Morgan fingerprint density at radius 1 is 1.43 bits per heavy atom. The molecule has 0 N–H and O–H groups in total. The molecule has 2 aromatic rings. The summed E-state index contributed by atoms with van der Waals surface area (Å²) in [5, 5.41) is 3.91. The number of hydrogen-bond donors (Lipinski definition) is 0. The molecule has 0 saturated heterocycles. The first-order valence-electron chi connectivity index (χ1n) is 4.03. The molecule has 0 aliphatic heterocycles. The summed E-state index contributed by atoms with van der Waals surface area (Å²) in [7, 11) is 1.77. The second kappa shape index (κ2) is 3.45. The molecule has 2 aromatic heterocycles. The Kier molecular flexibility index (Phi) is 2.14. The maximum atomic E-state index is 12.7. The minimum Gasteiger partial charge on any atom is -0.436 e. The van der Waals surface area contributed by atoms with Crippen LogP contribution in [-0.4, -0.2) is 14.8 Å². The predicted molar refractivity (Wildman–Crippen MR) is 47.5 cm³/mol. The Morgan fingerprint density at radius 2 is 2.29 bits per heavy atom. The molecule has 4 nitrogen and oxygen atoms in total. The van der Waals surface area contributed by atoms with Crippen molar-refractivity contribution in [2.75, 3.05) is 0 Å². The molecule has 0 bridgehead atoms. The molecular weight excluding hydrogens is 185 g/mol. The highest BCUT2D eigenvalue weighted by atomic mass is 19.1. The van der Waals surface area contributed by atoms with Crippen molar-refractivity contribution in [1.29, 1.82) is 0 Å². The summed E-state index contributed by atoms with van der Waals surface area (Å²) in [6, 6.07) is 4.38. The zero-order valence-corrected chi connectivity index (χ0v) is 7.51. The number of aryl methyl sites for hydroxylation is 1. The van der Waals surface area contributed by atoms with E-state index in [-0.39, 0.29) is 5.88 Å². The first-order chi connectivity index (χ1) is 6.74. The first kappa shape index (κ1) is 8.68. The zero-order valence-electron chi connectivity index (χ0n) is 7.51. The minimum atomic E-state index is -0.564. The van der Waals surface area contributed by atoms with Gasteiger partial charge in [-0.3, -0.25) is 4.68 Å². The average molecular weight is 193 g/mol. The molecule has 14 heavy (non-hydrogen) atoms. The van der Waals surface area contributed by atoms with Crippen molar-refractivity contribution in [3.63, 3.8) is 0 Å². The van der Waals surface area contributed by atoms with E-state index in [1.54, 1.807) is 24.0 Å². The lowest BCUT2D eigenvalue weighted by Gasteiger charge is -1.99. The van der Waals surface area contributed by atoms with Crippen molar-refractivity contribution >= 4 is 0 Å². The van der Waals surface area contributed by atoms with Crippen molar-refractivity contribution in [2.45, 2.75) is 0 Å². The van der Waals surface area contributed by atoms with Crippen molar-refractivity contribution < 1.29 is 9.13 Å². The van der Waals surface area contributed by atoms with Crippen molar-refractivity contribution in [3.05, 3.63) is 36.5 Å². The number of aromatic nitrogens is 3. The number of hydrogen-bond acceptors (Lipinski definition) is 3. The highest BCUT2D eigenvalue weighted by molar-refractivity contribution is 5.21. The van der Waals surface area contributed by atoms with E-state index in [0.29, 0.717) is 5.75 Å². The molecule has 0 aliphatic carbocycles. The predicted octanol–water partition coefficient (Wildman–Crippen LogP) is 1.75. The molecule has 2 rings (SSSR count). The van der Waals surface area contributed by atoms with Crippen molar-refractivity contribution in [3.8, 4) is 11.6 Å². The lowest BCUT2D eigenvalue weighted by Crippen LogP contribution is -1.88. The van der Waals surface area contributed by atoms with Crippen LogP contribution in [0.15, 0.2) is 30.6 Å². The summed E-state index contributed by atoms with van der Waals surface area (Å²) in [5.41, 5.74) is 0. The van der Waals surface area contributed by atoms with E-state index >= 15 is 0 Å². The first-order valence-corrected chi connectivity index (χ1v) is 4.03. The standard InChI is InChI=1S/C9H8FN3O/c1-13-6-7(5-11-13)14-9-4-2-3-8(10)12-9/h2-6H,1H3. The van der Waals surface area contributed by atoms with Gasteiger partial charge in [0.1, 0.15) is 0 Å². The number of rotatable bonds is 2. The molecule has 2 heterocycles. The van der Waals surface area contributed by atoms with Gasteiger partial charge in [0.2, 0.25) is 11.8 Å². The van der Waals surface area contributed by atoms with E-state index in [1.165, 1.54) is 18.3 Å².